The molecule has 1 N–H and O–H groups in total. The molecule has 12 atom stereocenters. The zero-order valence-corrected chi connectivity index (χ0v) is 62.0. The highest BCUT2D eigenvalue weighted by atomic mass is 16.6. The normalized spacial score (nSPS) is 39.2. The van der Waals surface area contributed by atoms with E-state index in [9.17, 15) is 24.3 Å². The van der Waals surface area contributed by atoms with Crippen molar-refractivity contribution in [3.05, 3.63) is 12.2 Å². The Morgan fingerprint density at radius 3 is 1.63 bits per heavy atom. The first-order valence-electron chi connectivity index (χ1n) is 39.0. The fourth-order valence-electron chi connectivity index (χ4n) is 24.2. The standard InChI is InChI=1S/C81H122O17/c1-14-20-74(9,70(88)98-81(48(3)4)59-34-52-27-53(36-59)37-60(81)35-52)23-24-75(10,69(87)96-78(13)57-30-50-26-51(32-57)33-58(78)31-50)21-16-22-76(11,68(86)94-62-19-25-91-66(62)84)46-77(12,71(89)97-80-42-54-28-55(43-80)41-79(90,40-54)47-80)45-73(8,15-2)67(85)92-44-65(83)93-63(39-64(82)95-72(5,6)7)61-38-49-17-18-56(61)29-49/h17-18,48-63,90H,14-16,19-47H2,1-13H3. The van der Waals surface area contributed by atoms with Crippen LogP contribution < -0.4 is 0 Å². The largest absolute Gasteiger partial charge is 0.463 e. The van der Waals surface area contributed by atoms with Gasteiger partial charge in [-0.3, -0.25) is 28.8 Å². The highest BCUT2D eigenvalue weighted by molar-refractivity contribution is 5.86. The van der Waals surface area contributed by atoms with Crippen LogP contribution in [0.4, 0.5) is 0 Å². The number of fused-ring (bicyclic) bond motifs is 2. The van der Waals surface area contributed by atoms with Gasteiger partial charge in [-0.25, -0.2) is 9.59 Å². The summed E-state index contributed by atoms with van der Waals surface area (Å²) in [6.07, 6.45) is 20.8. The monoisotopic (exact) mass is 1370 g/mol. The SMILES string of the molecule is CCCC(C)(CCC(C)(CCCC(C)(CC(C)(CC(C)(CC)C(=O)OCC(=O)OC(CC(=O)OC(C)(C)C)C1CC2C=CC1C2)C(=O)OC12CC3CC(CC(O)(C3)C1)C2)C(=O)OC1CCOC1=O)C(=O)OC1(C)C2CC3CC(C2)CC1C3)C(=O)OC1(C(C)C)C2CC3CC(C2)CC1C3. The van der Waals surface area contributed by atoms with Crippen LogP contribution in [-0.2, 0) is 76.3 Å². The van der Waals surface area contributed by atoms with E-state index in [2.05, 4.69) is 39.8 Å². The lowest BCUT2D eigenvalue weighted by atomic mass is 9.47. The van der Waals surface area contributed by atoms with Crippen molar-refractivity contribution >= 4 is 47.8 Å². The van der Waals surface area contributed by atoms with E-state index in [4.69, 9.17) is 37.9 Å². The third kappa shape index (κ3) is 14.5. The highest BCUT2D eigenvalue weighted by Gasteiger charge is 2.65. The molecule has 13 saturated carbocycles. The van der Waals surface area contributed by atoms with Crippen LogP contribution in [0.5, 0.6) is 0 Å². The zero-order chi connectivity index (χ0) is 70.6. The number of allylic oxidation sites excluding steroid dienone is 2. The van der Waals surface area contributed by atoms with Gasteiger partial charge in [0.25, 0.3) is 0 Å². The van der Waals surface area contributed by atoms with E-state index in [-0.39, 0.29) is 118 Å². The lowest BCUT2D eigenvalue weighted by molar-refractivity contribution is -0.233. The summed E-state index contributed by atoms with van der Waals surface area (Å²) in [5, 5.41) is 12.0. The summed E-state index contributed by atoms with van der Waals surface area (Å²) in [6, 6.07) is 0. The van der Waals surface area contributed by atoms with E-state index >= 15 is 19.2 Å². The second-order valence-electron chi connectivity index (χ2n) is 38.1. The maximum absolute atomic E-state index is 16.0. The van der Waals surface area contributed by atoms with Crippen LogP contribution in [0.1, 0.15) is 283 Å². The Balaban J connectivity index is 0.828. The molecule has 0 spiro atoms. The van der Waals surface area contributed by atoms with Gasteiger partial charge in [-0.2, -0.15) is 0 Å². The van der Waals surface area contributed by atoms with Gasteiger partial charge in [-0.05, 0) is 300 Å². The summed E-state index contributed by atoms with van der Waals surface area (Å²) < 4.78 is 50.4. The van der Waals surface area contributed by atoms with Crippen LogP contribution in [0.15, 0.2) is 12.2 Å². The Morgan fingerprint density at radius 2 is 1.12 bits per heavy atom. The minimum Gasteiger partial charge on any atom is -0.463 e. The second-order valence-corrected chi connectivity index (χ2v) is 38.1. The lowest BCUT2D eigenvalue weighted by Gasteiger charge is -2.62. The number of ether oxygens (including phenoxy) is 8. The Kier molecular flexibility index (Phi) is 20.1. The third-order valence-corrected chi connectivity index (χ3v) is 28.6. The molecule has 1 aliphatic heterocycles. The molecule has 17 heteroatoms. The van der Waals surface area contributed by atoms with Crippen molar-refractivity contribution in [3.63, 3.8) is 0 Å². The van der Waals surface area contributed by atoms with E-state index < -0.39 is 110 Å². The Labute approximate surface area is 584 Å². The number of hydrogen-bond acceptors (Lipinski definition) is 17. The molecular formula is C81H122O17. The predicted molar refractivity (Wildman–Crippen MR) is 364 cm³/mol. The molecule has 15 rings (SSSR count). The maximum atomic E-state index is 16.0. The van der Waals surface area contributed by atoms with E-state index in [1.165, 1.54) is 12.8 Å². The average Bonchev–Trinajstić information content (AvgIpc) is 0.904. The number of carbonyl (C=O) groups is 8. The van der Waals surface area contributed by atoms with Crippen LogP contribution in [0.2, 0.25) is 0 Å². The van der Waals surface area contributed by atoms with E-state index in [1.807, 2.05) is 13.8 Å². The van der Waals surface area contributed by atoms with Crippen molar-refractivity contribution in [2.45, 2.75) is 323 Å². The van der Waals surface area contributed by atoms with E-state index in [0.717, 1.165) is 77.0 Å². The van der Waals surface area contributed by atoms with Gasteiger partial charge in [-0.15, -0.1) is 0 Å². The Morgan fingerprint density at radius 1 is 0.582 bits per heavy atom. The topological polar surface area (TPSA) is 231 Å². The van der Waals surface area contributed by atoms with Gasteiger partial charge in [0.2, 0.25) is 6.10 Å². The zero-order valence-electron chi connectivity index (χ0n) is 62.0. The molecule has 0 aromatic rings. The number of rotatable bonds is 30. The molecule has 1 saturated heterocycles. The summed E-state index contributed by atoms with van der Waals surface area (Å²) in [5.41, 5.74) is -10.8. The van der Waals surface area contributed by atoms with Crippen LogP contribution in [0.3, 0.4) is 0 Å². The van der Waals surface area contributed by atoms with Crippen LogP contribution in [0, 0.1) is 110 Å². The molecule has 14 bridgehead atoms. The van der Waals surface area contributed by atoms with Gasteiger partial charge >= 0.3 is 47.8 Å². The number of carbonyl (C=O) groups excluding carboxylic acids is 8. The molecule has 548 valence electrons. The molecule has 0 aromatic carbocycles. The molecule has 1 heterocycles. The molecule has 12 unspecified atom stereocenters. The van der Waals surface area contributed by atoms with Crippen LogP contribution >= 0.6 is 0 Å². The Hall–Kier alpha value is -4.54. The Bertz CT molecular complexity index is 3010. The number of aliphatic hydroxyl groups is 1. The molecule has 15 aliphatic rings. The van der Waals surface area contributed by atoms with Crippen molar-refractivity contribution in [2.75, 3.05) is 13.2 Å². The fourth-order valence-corrected chi connectivity index (χ4v) is 24.2. The summed E-state index contributed by atoms with van der Waals surface area (Å²) in [5.74, 6) is -0.0616. The van der Waals surface area contributed by atoms with Gasteiger partial charge in [0, 0.05) is 18.8 Å². The van der Waals surface area contributed by atoms with Crippen molar-refractivity contribution < 1.29 is 81.4 Å². The molecular weight excluding hydrogens is 1240 g/mol. The van der Waals surface area contributed by atoms with E-state index in [1.54, 1.807) is 48.5 Å². The van der Waals surface area contributed by atoms with Crippen LogP contribution in [-0.4, -0.2) is 106 Å². The first-order valence-corrected chi connectivity index (χ1v) is 39.0. The first-order chi connectivity index (χ1) is 45.9. The summed E-state index contributed by atoms with van der Waals surface area (Å²) >= 11 is 0. The van der Waals surface area contributed by atoms with Gasteiger partial charge in [0.1, 0.15) is 28.5 Å². The number of hydrogen-bond donors (Lipinski definition) is 1. The molecule has 14 fully saturated rings. The van der Waals surface area contributed by atoms with Crippen molar-refractivity contribution in [3.8, 4) is 0 Å². The molecule has 98 heavy (non-hydrogen) atoms. The molecule has 0 aromatic heterocycles. The van der Waals surface area contributed by atoms with Crippen molar-refractivity contribution in [1.82, 2.24) is 0 Å². The smallest absolute Gasteiger partial charge is 0.347 e. The van der Waals surface area contributed by atoms with E-state index in [0.29, 0.717) is 86.4 Å². The van der Waals surface area contributed by atoms with Gasteiger partial charge in [-0.1, -0.05) is 52.7 Å². The summed E-state index contributed by atoms with van der Waals surface area (Å²) in [7, 11) is 0. The average molecular weight is 1370 g/mol. The summed E-state index contributed by atoms with van der Waals surface area (Å²) in [6.45, 7) is 24.3. The first kappa shape index (κ1) is 73.2. The van der Waals surface area contributed by atoms with Crippen LogP contribution in [0.25, 0.3) is 0 Å². The molecule has 14 aliphatic carbocycles. The molecule has 0 amide bonds. The fraction of sp³-hybridized carbons (Fsp3) is 0.877. The van der Waals surface area contributed by atoms with Gasteiger partial charge in [0.15, 0.2) is 6.61 Å². The minimum atomic E-state index is -1.67. The van der Waals surface area contributed by atoms with Gasteiger partial charge in [0.05, 0.1) is 45.7 Å². The second kappa shape index (κ2) is 26.9. The molecule has 17 nitrogen and oxygen atoms in total. The van der Waals surface area contributed by atoms with Gasteiger partial charge < -0.3 is 43.0 Å². The quantitative estimate of drug-likeness (QED) is 0.0400. The number of cyclic esters (lactones) is 1. The number of esters is 8. The minimum absolute atomic E-state index is 0.0647. The highest BCUT2D eigenvalue weighted by Crippen LogP contribution is 2.65. The van der Waals surface area contributed by atoms with Crippen molar-refractivity contribution in [2.24, 2.45) is 110 Å². The lowest BCUT2D eigenvalue weighted by Crippen LogP contribution is -2.63. The summed E-state index contributed by atoms with van der Waals surface area (Å²) in [4.78, 5) is 118. The predicted octanol–water partition coefficient (Wildman–Crippen LogP) is 15.0. The maximum Gasteiger partial charge on any atom is 0.347 e. The molecule has 0 radical (unpaired) electrons. The van der Waals surface area contributed by atoms with Crippen molar-refractivity contribution in [1.29, 1.82) is 0 Å². The third-order valence-electron chi connectivity index (χ3n) is 28.6.